The monoisotopic (exact) mass is 327 g/mol. The normalized spacial score (nSPS) is 17.1. The van der Waals surface area contributed by atoms with E-state index in [1.165, 1.54) is 12.1 Å². The Balaban J connectivity index is 1.77. The first-order valence-electron chi connectivity index (χ1n) is 8.22. The van der Waals surface area contributed by atoms with Gasteiger partial charge in [-0.25, -0.2) is 9.37 Å². The second-order valence-electron chi connectivity index (χ2n) is 6.39. The molecule has 1 amide bonds. The molecule has 1 saturated heterocycles. The highest BCUT2D eigenvalue weighted by molar-refractivity contribution is 5.79. The second kappa shape index (κ2) is 6.99. The van der Waals surface area contributed by atoms with Gasteiger partial charge in [-0.1, -0.05) is 12.1 Å². The summed E-state index contributed by atoms with van der Waals surface area (Å²) >= 11 is 0. The molecule has 4 nitrogen and oxygen atoms in total. The summed E-state index contributed by atoms with van der Waals surface area (Å²) < 4.78 is 13.3. The Bertz CT molecular complexity index is 732. The van der Waals surface area contributed by atoms with Gasteiger partial charge in [-0.2, -0.15) is 0 Å². The van der Waals surface area contributed by atoms with Crippen LogP contribution >= 0.6 is 0 Å². The number of pyridine rings is 1. The van der Waals surface area contributed by atoms with Crippen molar-refractivity contribution in [2.45, 2.75) is 25.3 Å². The minimum atomic E-state index is -0.303. The standard InChI is InChI=1S/C19H22FN3O/c1-22(2)18-13-15(8-9-21-18)17-7-4-10-23(17)19(24)12-14-5-3-6-16(20)11-14/h3,5-6,8-9,11,13,17H,4,7,10,12H2,1-2H3/t17-/m0/s1. The van der Waals surface area contributed by atoms with E-state index < -0.39 is 0 Å². The summed E-state index contributed by atoms with van der Waals surface area (Å²) in [6, 6.07) is 10.4. The van der Waals surface area contributed by atoms with Crippen LogP contribution in [0.3, 0.4) is 0 Å². The Hall–Kier alpha value is -2.43. The van der Waals surface area contributed by atoms with Crippen molar-refractivity contribution in [1.29, 1.82) is 0 Å². The number of carbonyl (C=O) groups excluding carboxylic acids is 1. The van der Waals surface area contributed by atoms with E-state index in [9.17, 15) is 9.18 Å². The lowest BCUT2D eigenvalue weighted by Crippen LogP contribution is -2.32. The van der Waals surface area contributed by atoms with Gasteiger partial charge in [-0.3, -0.25) is 4.79 Å². The predicted molar refractivity (Wildman–Crippen MR) is 92.4 cm³/mol. The summed E-state index contributed by atoms with van der Waals surface area (Å²) in [6.07, 6.45) is 3.96. The lowest BCUT2D eigenvalue weighted by atomic mass is 10.0. The second-order valence-corrected chi connectivity index (χ2v) is 6.39. The number of halogens is 1. The Labute approximate surface area is 141 Å². The molecule has 126 valence electrons. The van der Waals surface area contributed by atoms with E-state index >= 15 is 0 Å². The van der Waals surface area contributed by atoms with Gasteiger partial charge in [0.05, 0.1) is 12.5 Å². The number of hydrogen-bond donors (Lipinski definition) is 0. The van der Waals surface area contributed by atoms with E-state index in [1.807, 2.05) is 36.0 Å². The zero-order valence-corrected chi connectivity index (χ0v) is 14.1. The molecule has 0 aliphatic carbocycles. The first-order chi connectivity index (χ1) is 11.5. The van der Waals surface area contributed by atoms with Crippen LogP contribution in [-0.2, 0) is 11.2 Å². The zero-order valence-electron chi connectivity index (χ0n) is 14.1. The van der Waals surface area contributed by atoms with Crippen LogP contribution in [0.5, 0.6) is 0 Å². The fraction of sp³-hybridized carbons (Fsp3) is 0.368. The molecule has 0 unspecified atom stereocenters. The molecule has 2 heterocycles. The van der Waals surface area contributed by atoms with E-state index in [-0.39, 0.29) is 24.2 Å². The SMILES string of the molecule is CN(C)c1cc([C@@H]2CCCN2C(=O)Cc2cccc(F)c2)ccn1. The molecule has 0 N–H and O–H groups in total. The van der Waals surface area contributed by atoms with Gasteiger partial charge in [0, 0.05) is 26.8 Å². The highest BCUT2D eigenvalue weighted by atomic mass is 19.1. The lowest BCUT2D eigenvalue weighted by Gasteiger charge is -2.26. The molecule has 1 aromatic carbocycles. The number of benzene rings is 1. The summed E-state index contributed by atoms with van der Waals surface area (Å²) in [4.78, 5) is 20.9. The molecule has 0 radical (unpaired) electrons. The Morgan fingerprint density at radius 2 is 2.17 bits per heavy atom. The van der Waals surface area contributed by atoms with Crippen LogP contribution in [-0.4, -0.2) is 36.4 Å². The lowest BCUT2D eigenvalue weighted by molar-refractivity contribution is -0.131. The summed E-state index contributed by atoms with van der Waals surface area (Å²) in [6.45, 7) is 0.748. The molecule has 0 spiro atoms. The van der Waals surface area contributed by atoms with Crippen LogP contribution < -0.4 is 4.90 Å². The Morgan fingerprint density at radius 1 is 1.33 bits per heavy atom. The van der Waals surface area contributed by atoms with Crippen molar-refractivity contribution in [3.05, 3.63) is 59.5 Å². The molecule has 1 aliphatic rings. The topological polar surface area (TPSA) is 36.4 Å². The summed E-state index contributed by atoms with van der Waals surface area (Å²) in [5.74, 6) is 0.631. The highest BCUT2D eigenvalue weighted by Gasteiger charge is 2.30. The third-order valence-electron chi connectivity index (χ3n) is 4.43. The minimum Gasteiger partial charge on any atom is -0.363 e. The van der Waals surface area contributed by atoms with Crippen molar-refractivity contribution in [2.75, 3.05) is 25.5 Å². The van der Waals surface area contributed by atoms with Crippen LogP contribution in [0.1, 0.15) is 30.0 Å². The number of hydrogen-bond acceptors (Lipinski definition) is 3. The van der Waals surface area contributed by atoms with Crippen LogP contribution in [0.25, 0.3) is 0 Å². The number of rotatable bonds is 4. The fourth-order valence-electron chi connectivity index (χ4n) is 3.22. The van der Waals surface area contributed by atoms with E-state index in [0.717, 1.165) is 30.8 Å². The number of carbonyl (C=O) groups is 1. The van der Waals surface area contributed by atoms with Crippen LogP contribution in [0.4, 0.5) is 10.2 Å². The number of amides is 1. The van der Waals surface area contributed by atoms with Crippen LogP contribution in [0.2, 0.25) is 0 Å². The molecule has 2 aromatic rings. The van der Waals surface area contributed by atoms with Gasteiger partial charge in [0.15, 0.2) is 0 Å². The van der Waals surface area contributed by atoms with E-state index in [0.29, 0.717) is 5.56 Å². The molecule has 1 aliphatic heterocycles. The number of aromatic nitrogens is 1. The maximum atomic E-state index is 13.3. The third-order valence-corrected chi connectivity index (χ3v) is 4.43. The molecule has 24 heavy (non-hydrogen) atoms. The van der Waals surface area contributed by atoms with Crippen molar-refractivity contribution in [3.8, 4) is 0 Å². The van der Waals surface area contributed by atoms with Crippen molar-refractivity contribution >= 4 is 11.7 Å². The Morgan fingerprint density at radius 3 is 2.92 bits per heavy atom. The van der Waals surface area contributed by atoms with Crippen LogP contribution in [0.15, 0.2) is 42.6 Å². The molecular weight excluding hydrogens is 305 g/mol. The average Bonchev–Trinajstić information content (AvgIpc) is 3.04. The third kappa shape index (κ3) is 3.55. The first kappa shape index (κ1) is 16.4. The van der Waals surface area contributed by atoms with Crippen molar-refractivity contribution in [2.24, 2.45) is 0 Å². The predicted octanol–water partition coefficient (Wildman–Crippen LogP) is 3.19. The minimum absolute atomic E-state index is 0.0475. The molecule has 1 fully saturated rings. The van der Waals surface area contributed by atoms with Gasteiger partial charge in [0.2, 0.25) is 5.91 Å². The summed E-state index contributed by atoms with van der Waals surface area (Å²) in [5.41, 5.74) is 1.83. The maximum Gasteiger partial charge on any atom is 0.227 e. The smallest absolute Gasteiger partial charge is 0.227 e. The van der Waals surface area contributed by atoms with Crippen LogP contribution in [0, 0.1) is 5.82 Å². The van der Waals surface area contributed by atoms with Gasteiger partial charge in [-0.15, -0.1) is 0 Å². The molecular formula is C19H22FN3O. The molecule has 1 atom stereocenters. The van der Waals surface area contributed by atoms with Gasteiger partial charge in [0.25, 0.3) is 0 Å². The van der Waals surface area contributed by atoms with Crippen molar-refractivity contribution in [3.63, 3.8) is 0 Å². The largest absolute Gasteiger partial charge is 0.363 e. The van der Waals surface area contributed by atoms with E-state index in [4.69, 9.17) is 0 Å². The molecule has 0 saturated carbocycles. The average molecular weight is 327 g/mol. The van der Waals surface area contributed by atoms with Gasteiger partial charge < -0.3 is 9.80 Å². The van der Waals surface area contributed by atoms with Crippen molar-refractivity contribution in [1.82, 2.24) is 9.88 Å². The molecule has 1 aromatic heterocycles. The highest BCUT2D eigenvalue weighted by Crippen LogP contribution is 2.33. The quantitative estimate of drug-likeness (QED) is 0.865. The van der Waals surface area contributed by atoms with E-state index in [2.05, 4.69) is 4.98 Å². The van der Waals surface area contributed by atoms with Gasteiger partial charge in [-0.05, 0) is 48.2 Å². The summed E-state index contributed by atoms with van der Waals surface area (Å²) in [5, 5.41) is 0. The van der Waals surface area contributed by atoms with E-state index in [1.54, 1.807) is 18.3 Å². The Kier molecular flexibility index (Phi) is 4.79. The maximum absolute atomic E-state index is 13.3. The van der Waals surface area contributed by atoms with Crippen molar-refractivity contribution < 1.29 is 9.18 Å². The number of likely N-dealkylation sites (tertiary alicyclic amines) is 1. The first-order valence-corrected chi connectivity index (χ1v) is 8.22. The number of nitrogens with zero attached hydrogens (tertiary/aromatic N) is 3. The molecule has 0 bridgehead atoms. The van der Waals surface area contributed by atoms with Gasteiger partial charge >= 0.3 is 0 Å². The number of anilines is 1. The molecule has 5 heteroatoms. The zero-order chi connectivity index (χ0) is 17.1. The van der Waals surface area contributed by atoms with Gasteiger partial charge in [0.1, 0.15) is 11.6 Å². The summed E-state index contributed by atoms with van der Waals surface area (Å²) in [7, 11) is 3.90. The molecule has 3 rings (SSSR count). The fourth-order valence-corrected chi connectivity index (χ4v) is 3.22.